The van der Waals surface area contributed by atoms with Gasteiger partial charge in [-0.3, -0.25) is 4.79 Å². The first kappa shape index (κ1) is 13.5. The molecule has 0 radical (unpaired) electrons. The molecule has 1 saturated heterocycles. The lowest BCUT2D eigenvalue weighted by molar-refractivity contribution is -0.122. The molecule has 0 bridgehead atoms. The molecule has 1 amide bonds. The Bertz CT molecular complexity index is 212. The number of nitrogens with two attached hydrogens (primary N) is 1. The largest absolute Gasteiger partial charge is 0.356 e. The topological polar surface area (TPSA) is 58.4 Å². The van der Waals surface area contributed by atoms with Crippen LogP contribution in [0, 0.1) is 11.8 Å². The summed E-state index contributed by atoms with van der Waals surface area (Å²) in [5.74, 6) is 1.14. The van der Waals surface area contributed by atoms with Gasteiger partial charge >= 0.3 is 0 Å². The normalized spacial score (nSPS) is 20.7. The Hall–Kier alpha value is -0.610. The number of nitrogens with zero attached hydrogens (tertiary/aromatic N) is 1. The second-order valence-corrected chi connectivity index (χ2v) is 5.10. The zero-order valence-electron chi connectivity index (χ0n) is 10.5. The third-order valence-corrected chi connectivity index (χ3v) is 3.36. The van der Waals surface area contributed by atoms with Crippen molar-refractivity contribution in [3.05, 3.63) is 0 Å². The van der Waals surface area contributed by atoms with Crippen LogP contribution in [-0.4, -0.2) is 44.0 Å². The molecule has 0 saturated carbocycles. The van der Waals surface area contributed by atoms with E-state index in [4.69, 9.17) is 5.73 Å². The monoisotopic (exact) mass is 227 g/mol. The van der Waals surface area contributed by atoms with Crippen molar-refractivity contribution < 1.29 is 4.79 Å². The van der Waals surface area contributed by atoms with Gasteiger partial charge in [0.1, 0.15) is 0 Å². The molecule has 0 aromatic heterocycles. The number of hydrogen-bond acceptors (Lipinski definition) is 3. The van der Waals surface area contributed by atoms with Gasteiger partial charge in [-0.15, -0.1) is 0 Å². The van der Waals surface area contributed by atoms with Gasteiger partial charge in [0.15, 0.2) is 0 Å². The van der Waals surface area contributed by atoms with Crippen molar-refractivity contribution in [3.8, 4) is 0 Å². The van der Waals surface area contributed by atoms with Crippen molar-refractivity contribution in [1.29, 1.82) is 0 Å². The van der Waals surface area contributed by atoms with Crippen LogP contribution in [-0.2, 0) is 4.79 Å². The molecule has 16 heavy (non-hydrogen) atoms. The van der Waals surface area contributed by atoms with Crippen LogP contribution in [0.4, 0.5) is 0 Å². The maximum absolute atomic E-state index is 11.6. The van der Waals surface area contributed by atoms with Crippen molar-refractivity contribution in [1.82, 2.24) is 10.2 Å². The van der Waals surface area contributed by atoms with E-state index in [1.165, 1.54) is 0 Å². The molecule has 0 aromatic rings. The summed E-state index contributed by atoms with van der Waals surface area (Å²) in [7, 11) is 2.14. The van der Waals surface area contributed by atoms with Gasteiger partial charge in [-0.25, -0.2) is 0 Å². The van der Waals surface area contributed by atoms with Crippen molar-refractivity contribution >= 4 is 5.91 Å². The minimum absolute atomic E-state index is 0.190. The first-order valence-corrected chi connectivity index (χ1v) is 6.27. The zero-order valence-corrected chi connectivity index (χ0v) is 10.5. The van der Waals surface area contributed by atoms with Crippen LogP contribution in [0.15, 0.2) is 0 Å². The molecule has 0 aromatic carbocycles. The molecule has 1 heterocycles. The van der Waals surface area contributed by atoms with Gasteiger partial charge in [0, 0.05) is 13.0 Å². The lowest BCUT2D eigenvalue weighted by Gasteiger charge is -2.28. The molecule has 0 aliphatic carbocycles. The van der Waals surface area contributed by atoms with E-state index in [9.17, 15) is 4.79 Å². The highest BCUT2D eigenvalue weighted by Gasteiger charge is 2.19. The highest BCUT2D eigenvalue weighted by atomic mass is 16.1. The summed E-state index contributed by atoms with van der Waals surface area (Å²) < 4.78 is 0. The smallest absolute Gasteiger partial charge is 0.220 e. The SMILES string of the molecule is CC(CN)CNC(=O)CC1CCN(C)CC1. The molecular formula is C12H25N3O. The molecule has 1 fully saturated rings. The van der Waals surface area contributed by atoms with Gasteiger partial charge in [0.2, 0.25) is 5.91 Å². The van der Waals surface area contributed by atoms with E-state index in [-0.39, 0.29) is 5.91 Å². The predicted octanol–water partition coefficient (Wildman–Crippen LogP) is 0.429. The maximum Gasteiger partial charge on any atom is 0.220 e. The van der Waals surface area contributed by atoms with Crippen LogP contribution >= 0.6 is 0 Å². The van der Waals surface area contributed by atoms with Crippen molar-refractivity contribution in [2.45, 2.75) is 26.2 Å². The summed E-state index contributed by atoms with van der Waals surface area (Å²) in [5, 5.41) is 2.96. The van der Waals surface area contributed by atoms with Gasteiger partial charge in [-0.2, -0.15) is 0 Å². The number of nitrogens with one attached hydrogen (secondary N) is 1. The summed E-state index contributed by atoms with van der Waals surface area (Å²) in [6.07, 6.45) is 2.98. The average molecular weight is 227 g/mol. The first-order valence-electron chi connectivity index (χ1n) is 6.27. The fraction of sp³-hybridized carbons (Fsp3) is 0.917. The molecule has 3 N–H and O–H groups in total. The van der Waals surface area contributed by atoms with Crippen LogP contribution in [0.5, 0.6) is 0 Å². The Morgan fingerprint density at radius 3 is 2.69 bits per heavy atom. The van der Waals surface area contributed by atoms with Crippen LogP contribution in [0.1, 0.15) is 26.2 Å². The number of amides is 1. The van der Waals surface area contributed by atoms with E-state index < -0.39 is 0 Å². The van der Waals surface area contributed by atoms with Crippen LogP contribution in [0.2, 0.25) is 0 Å². The summed E-state index contributed by atoms with van der Waals surface area (Å²) in [4.78, 5) is 14.0. The minimum atomic E-state index is 0.190. The molecular weight excluding hydrogens is 202 g/mol. The van der Waals surface area contributed by atoms with E-state index in [2.05, 4.69) is 24.2 Å². The number of hydrogen-bond donors (Lipinski definition) is 2. The highest BCUT2D eigenvalue weighted by molar-refractivity contribution is 5.76. The molecule has 1 aliphatic heterocycles. The van der Waals surface area contributed by atoms with Crippen LogP contribution in [0.25, 0.3) is 0 Å². The maximum atomic E-state index is 11.6. The minimum Gasteiger partial charge on any atom is -0.356 e. The number of carbonyl (C=O) groups is 1. The molecule has 4 nitrogen and oxygen atoms in total. The Morgan fingerprint density at radius 2 is 2.12 bits per heavy atom. The Kier molecular flexibility index (Phi) is 5.77. The number of rotatable bonds is 5. The first-order chi connectivity index (χ1) is 7.61. The van der Waals surface area contributed by atoms with Gasteiger partial charge in [-0.1, -0.05) is 6.92 Å². The predicted molar refractivity (Wildman–Crippen MR) is 66.1 cm³/mol. The van der Waals surface area contributed by atoms with Crippen molar-refractivity contribution in [3.63, 3.8) is 0 Å². The van der Waals surface area contributed by atoms with E-state index in [1.54, 1.807) is 0 Å². The quantitative estimate of drug-likeness (QED) is 0.716. The van der Waals surface area contributed by atoms with E-state index in [0.29, 0.717) is 31.3 Å². The van der Waals surface area contributed by atoms with Crippen molar-refractivity contribution in [2.75, 3.05) is 33.2 Å². The Morgan fingerprint density at radius 1 is 1.50 bits per heavy atom. The average Bonchev–Trinajstić information content (AvgIpc) is 2.29. The number of piperidine rings is 1. The lowest BCUT2D eigenvalue weighted by atomic mass is 9.93. The van der Waals surface area contributed by atoms with Crippen LogP contribution in [0.3, 0.4) is 0 Å². The van der Waals surface area contributed by atoms with Crippen LogP contribution < -0.4 is 11.1 Å². The third-order valence-electron chi connectivity index (χ3n) is 3.36. The summed E-state index contributed by atoms with van der Waals surface area (Å²) in [5.41, 5.74) is 5.50. The molecule has 1 rings (SSSR count). The van der Waals surface area contributed by atoms with E-state index in [1.807, 2.05) is 0 Å². The standard InChI is InChI=1S/C12H25N3O/c1-10(8-13)9-14-12(16)7-11-3-5-15(2)6-4-11/h10-11H,3-9,13H2,1-2H3,(H,14,16). The highest BCUT2D eigenvalue weighted by Crippen LogP contribution is 2.19. The molecule has 1 aliphatic rings. The van der Waals surface area contributed by atoms with Gasteiger partial charge in [-0.05, 0) is 51.4 Å². The number of carbonyl (C=O) groups excluding carboxylic acids is 1. The fourth-order valence-electron chi connectivity index (χ4n) is 1.97. The van der Waals surface area contributed by atoms with E-state index >= 15 is 0 Å². The van der Waals surface area contributed by atoms with Gasteiger partial charge in [0.05, 0.1) is 0 Å². The second-order valence-electron chi connectivity index (χ2n) is 5.10. The number of likely N-dealkylation sites (tertiary alicyclic amines) is 1. The summed E-state index contributed by atoms with van der Waals surface area (Å²) >= 11 is 0. The summed E-state index contributed by atoms with van der Waals surface area (Å²) in [6, 6.07) is 0. The Labute approximate surface area is 98.6 Å². The molecule has 1 atom stereocenters. The molecule has 1 unspecified atom stereocenters. The lowest BCUT2D eigenvalue weighted by Crippen LogP contribution is -2.35. The fourth-order valence-corrected chi connectivity index (χ4v) is 1.97. The second kappa shape index (κ2) is 6.86. The molecule has 4 heteroatoms. The van der Waals surface area contributed by atoms with Crippen molar-refractivity contribution in [2.24, 2.45) is 17.6 Å². The van der Waals surface area contributed by atoms with Gasteiger partial charge < -0.3 is 16.0 Å². The summed E-state index contributed by atoms with van der Waals surface area (Å²) in [6.45, 7) is 5.64. The Balaban J connectivity index is 2.14. The van der Waals surface area contributed by atoms with Gasteiger partial charge in [0.25, 0.3) is 0 Å². The van der Waals surface area contributed by atoms with E-state index in [0.717, 1.165) is 25.9 Å². The molecule has 0 spiro atoms. The zero-order chi connectivity index (χ0) is 12.0. The third kappa shape index (κ3) is 4.94. The molecule has 94 valence electrons.